The molecule has 10 nitrogen and oxygen atoms in total. The minimum absolute atomic E-state index is 0.0304. The summed E-state index contributed by atoms with van der Waals surface area (Å²) in [6, 6.07) is 7.33. The van der Waals surface area contributed by atoms with E-state index in [-0.39, 0.29) is 34.0 Å². The van der Waals surface area contributed by atoms with Crippen molar-refractivity contribution >= 4 is 31.5 Å². The van der Waals surface area contributed by atoms with Crippen molar-refractivity contribution in [2.45, 2.75) is 48.8 Å². The molecule has 0 bridgehead atoms. The van der Waals surface area contributed by atoms with Crippen molar-refractivity contribution in [3.05, 3.63) is 70.7 Å². The fraction of sp³-hybridized carbons (Fsp3) is 0.292. The zero-order valence-corrected chi connectivity index (χ0v) is 22.1. The van der Waals surface area contributed by atoms with Crippen LogP contribution in [0.3, 0.4) is 0 Å². The van der Waals surface area contributed by atoms with Gasteiger partial charge in [0.25, 0.3) is 0 Å². The molecule has 0 N–H and O–H groups in total. The van der Waals surface area contributed by atoms with Gasteiger partial charge in [-0.2, -0.15) is 13.5 Å². The van der Waals surface area contributed by atoms with Crippen molar-refractivity contribution in [2.75, 3.05) is 7.11 Å². The first-order chi connectivity index (χ1) is 17.4. The third-order valence-corrected chi connectivity index (χ3v) is 9.48. The maximum atomic E-state index is 13.7. The molecule has 0 aliphatic carbocycles. The Bertz CT molecular complexity index is 1630. The molecule has 0 fully saturated rings. The molecule has 0 amide bonds. The number of sulfone groups is 1. The standard InChI is InChI=1S/C24H24FN3O7S2/c1-5-28-24(35-37(32,33)17-10-8-16(25)9-11-17)18(13-26-28)22(29)20-12-19(27-34-4)21-14(2)6-7-15(3)23(21)36(20,30)31/h6-11,13,20H,5,12H2,1-4H3/b27-19+. The van der Waals surface area contributed by atoms with Crippen LogP contribution in [0, 0.1) is 19.7 Å². The van der Waals surface area contributed by atoms with Crippen molar-refractivity contribution in [2.24, 2.45) is 5.16 Å². The van der Waals surface area contributed by atoms with Gasteiger partial charge < -0.3 is 9.02 Å². The summed E-state index contributed by atoms with van der Waals surface area (Å²) in [7, 11) is -7.41. The lowest BCUT2D eigenvalue weighted by atomic mass is 9.95. The smallest absolute Gasteiger partial charge is 0.340 e. The molecule has 0 saturated heterocycles. The molecule has 4 rings (SSSR count). The highest BCUT2D eigenvalue weighted by Crippen LogP contribution is 2.37. The van der Waals surface area contributed by atoms with Crippen molar-refractivity contribution in [1.82, 2.24) is 9.78 Å². The molecule has 13 heteroatoms. The van der Waals surface area contributed by atoms with E-state index < -0.39 is 42.7 Å². The number of ketones is 1. The maximum Gasteiger partial charge on any atom is 0.340 e. The van der Waals surface area contributed by atoms with Crippen LogP contribution in [0.4, 0.5) is 4.39 Å². The van der Waals surface area contributed by atoms with Gasteiger partial charge in [0, 0.05) is 18.5 Å². The number of halogens is 1. The number of aryl methyl sites for hydroxylation is 3. The molecule has 1 aromatic heterocycles. The molecule has 0 radical (unpaired) electrons. The average molecular weight is 550 g/mol. The van der Waals surface area contributed by atoms with Crippen LogP contribution in [-0.2, 0) is 31.3 Å². The van der Waals surface area contributed by atoms with Crippen molar-refractivity contribution in [1.29, 1.82) is 0 Å². The average Bonchev–Trinajstić information content (AvgIpc) is 3.24. The number of carbonyl (C=O) groups excluding carboxylic acids is 1. The van der Waals surface area contributed by atoms with E-state index >= 15 is 0 Å². The van der Waals surface area contributed by atoms with Gasteiger partial charge in [-0.15, -0.1) is 0 Å². The lowest BCUT2D eigenvalue weighted by molar-refractivity contribution is 0.0986. The van der Waals surface area contributed by atoms with Crippen LogP contribution < -0.4 is 4.18 Å². The summed E-state index contributed by atoms with van der Waals surface area (Å²) in [6.07, 6.45) is 0.774. The number of fused-ring (bicyclic) bond motifs is 1. The quantitative estimate of drug-likeness (QED) is 0.249. The second-order valence-electron chi connectivity index (χ2n) is 8.40. The Morgan fingerprint density at radius 1 is 1.16 bits per heavy atom. The summed E-state index contributed by atoms with van der Waals surface area (Å²) in [5.41, 5.74) is 1.41. The molecule has 2 aromatic carbocycles. The highest BCUT2D eigenvalue weighted by Gasteiger charge is 2.45. The highest BCUT2D eigenvalue weighted by atomic mass is 32.2. The molecule has 0 saturated carbocycles. The van der Waals surface area contributed by atoms with Crippen LogP contribution >= 0.6 is 0 Å². The number of Topliss-reactive ketones (excluding diaryl/α,β-unsaturated/α-hetero) is 1. The number of oxime groups is 1. The summed E-state index contributed by atoms with van der Waals surface area (Å²) in [5.74, 6) is -1.99. The molecule has 2 heterocycles. The Balaban J connectivity index is 1.82. The van der Waals surface area contributed by atoms with Crippen molar-refractivity contribution in [3.8, 4) is 5.88 Å². The minimum atomic E-state index is -4.50. The summed E-state index contributed by atoms with van der Waals surface area (Å²) >= 11 is 0. The Labute approximate surface area is 213 Å². The van der Waals surface area contributed by atoms with E-state index in [1.165, 1.54) is 7.11 Å². The predicted octanol–water partition coefficient (Wildman–Crippen LogP) is 3.21. The summed E-state index contributed by atoms with van der Waals surface area (Å²) < 4.78 is 72.9. The lowest BCUT2D eigenvalue weighted by Crippen LogP contribution is -2.39. The second-order valence-corrected chi connectivity index (χ2v) is 12.0. The van der Waals surface area contributed by atoms with Gasteiger partial charge >= 0.3 is 10.1 Å². The van der Waals surface area contributed by atoms with Crippen LogP contribution in [0.15, 0.2) is 57.5 Å². The van der Waals surface area contributed by atoms with Crippen LogP contribution in [-0.4, -0.2) is 50.5 Å². The molecular formula is C24H24FN3O7S2. The largest absolute Gasteiger partial charge is 0.399 e. The molecule has 37 heavy (non-hydrogen) atoms. The lowest BCUT2D eigenvalue weighted by Gasteiger charge is -2.27. The number of carbonyl (C=O) groups is 1. The fourth-order valence-corrected chi connectivity index (χ4v) is 7.35. The summed E-state index contributed by atoms with van der Waals surface area (Å²) in [5, 5.41) is 6.38. The van der Waals surface area contributed by atoms with Crippen LogP contribution in [0.25, 0.3) is 0 Å². The Hall–Kier alpha value is -3.58. The highest BCUT2D eigenvalue weighted by molar-refractivity contribution is 7.93. The Kier molecular flexibility index (Phi) is 6.95. The van der Waals surface area contributed by atoms with Gasteiger partial charge in [0.2, 0.25) is 5.88 Å². The first kappa shape index (κ1) is 26.5. The molecule has 1 aliphatic rings. The molecule has 0 spiro atoms. The molecule has 1 aliphatic heterocycles. The molecule has 196 valence electrons. The first-order valence-corrected chi connectivity index (χ1v) is 14.1. The third-order valence-electron chi connectivity index (χ3n) is 6.03. The second kappa shape index (κ2) is 9.71. The van der Waals surface area contributed by atoms with Crippen LogP contribution in [0.5, 0.6) is 5.88 Å². The number of benzene rings is 2. The zero-order valence-electron chi connectivity index (χ0n) is 20.4. The summed E-state index contributed by atoms with van der Waals surface area (Å²) in [6.45, 7) is 5.11. The number of nitrogens with zero attached hydrogens (tertiary/aromatic N) is 3. The first-order valence-electron chi connectivity index (χ1n) is 11.2. The number of hydrogen-bond acceptors (Lipinski definition) is 9. The van der Waals surface area contributed by atoms with Crippen LogP contribution in [0.2, 0.25) is 0 Å². The summed E-state index contributed by atoms with van der Waals surface area (Å²) in [4.78, 5) is 18.3. The van der Waals surface area contributed by atoms with E-state index in [0.717, 1.165) is 35.1 Å². The number of aromatic nitrogens is 2. The Morgan fingerprint density at radius 3 is 2.43 bits per heavy atom. The zero-order chi connectivity index (χ0) is 27.1. The normalized spacial score (nSPS) is 17.9. The predicted molar refractivity (Wildman–Crippen MR) is 131 cm³/mol. The van der Waals surface area contributed by atoms with E-state index in [2.05, 4.69) is 10.3 Å². The van der Waals surface area contributed by atoms with E-state index in [1.807, 2.05) is 0 Å². The third kappa shape index (κ3) is 4.64. The van der Waals surface area contributed by atoms with Gasteiger partial charge in [-0.1, -0.05) is 17.3 Å². The van der Waals surface area contributed by atoms with E-state index in [1.54, 1.807) is 32.9 Å². The van der Waals surface area contributed by atoms with Gasteiger partial charge in [0.15, 0.2) is 15.6 Å². The van der Waals surface area contributed by atoms with E-state index in [4.69, 9.17) is 9.02 Å². The molecule has 3 aromatic rings. The van der Waals surface area contributed by atoms with E-state index in [9.17, 15) is 26.0 Å². The molecular weight excluding hydrogens is 525 g/mol. The number of hydrogen-bond donors (Lipinski definition) is 0. The van der Waals surface area contributed by atoms with Crippen molar-refractivity contribution in [3.63, 3.8) is 0 Å². The minimum Gasteiger partial charge on any atom is -0.399 e. The van der Waals surface area contributed by atoms with Crippen LogP contribution in [0.1, 0.15) is 40.4 Å². The number of rotatable bonds is 7. The topological polar surface area (TPSA) is 134 Å². The Morgan fingerprint density at radius 2 is 1.81 bits per heavy atom. The molecule has 1 atom stereocenters. The monoisotopic (exact) mass is 549 g/mol. The van der Waals surface area contributed by atoms with Gasteiger partial charge in [-0.05, 0) is 56.2 Å². The van der Waals surface area contributed by atoms with Gasteiger partial charge in [0.05, 0.1) is 16.8 Å². The van der Waals surface area contributed by atoms with Gasteiger partial charge in [-0.3, -0.25) is 4.79 Å². The van der Waals surface area contributed by atoms with Gasteiger partial charge in [0.1, 0.15) is 28.6 Å². The van der Waals surface area contributed by atoms with Crippen molar-refractivity contribution < 1.29 is 35.0 Å². The SMILES string of the molecule is CCn1ncc(C(=O)C2C/C(=N\OC)c3c(C)ccc(C)c3S2(=O)=O)c1OS(=O)(=O)c1ccc(F)cc1. The fourth-order valence-electron chi connectivity index (χ4n) is 4.25. The van der Waals surface area contributed by atoms with Gasteiger partial charge in [-0.25, -0.2) is 17.5 Å². The maximum absolute atomic E-state index is 13.7. The van der Waals surface area contributed by atoms with E-state index in [0.29, 0.717) is 16.7 Å². The molecule has 1 unspecified atom stereocenters.